The molecule has 0 aromatic heterocycles. The Morgan fingerprint density at radius 1 is 0.844 bits per heavy atom. The van der Waals surface area contributed by atoms with Gasteiger partial charge in [-0.15, -0.1) is 0 Å². The number of rotatable bonds is 10. The van der Waals surface area contributed by atoms with Gasteiger partial charge in [0.15, 0.2) is 6.61 Å². The van der Waals surface area contributed by atoms with Crippen LogP contribution in [0.2, 0.25) is 0 Å². The number of carbonyl (C=O) groups excluding carboxylic acids is 2. The summed E-state index contributed by atoms with van der Waals surface area (Å²) in [6, 6.07) is 12.0. The molecule has 2 aromatic carbocycles. The van der Waals surface area contributed by atoms with E-state index in [0.717, 1.165) is 10.8 Å². The van der Waals surface area contributed by atoms with Crippen molar-refractivity contribution in [2.75, 3.05) is 6.61 Å². The quantitative estimate of drug-likeness (QED) is 0.256. The normalized spacial score (nSPS) is 12.8. The number of fused-ring (bicyclic) bond motifs is 1. The molecule has 0 saturated carbocycles. The van der Waals surface area contributed by atoms with Gasteiger partial charge in [0, 0.05) is 12.8 Å². The molecule has 2 rings (SSSR count). The third kappa shape index (κ3) is 5.65. The molecule has 0 spiro atoms. The van der Waals surface area contributed by atoms with Gasteiger partial charge in [-0.3, -0.25) is 9.59 Å². The number of esters is 2. The SMILES string of the molecule is O=C(CCCC(=O)Oc1ccc2ccccc2c1)OCC(F)(F)C(F)(F)C(F)(F)C(F)F. The Morgan fingerprint density at radius 3 is 2.06 bits per heavy atom. The summed E-state index contributed by atoms with van der Waals surface area (Å²) in [5, 5.41) is 1.68. The number of halogens is 8. The summed E-state index contributed by atoms with van der Waals surface area (Å²) < 4.78 is 111. The van der Waals surface area contributed by atoms with E-state index >= 15 is 0 Å². The monoisotopic (exact) mass is 472 g/mol. The maximum atomic E-state index is 13.3. The minimum Gasteiger partial charge on any atom is -0.459 e. The smallest absolute Gasteiger partial charge is 0.381 e. The Kier molecular flexibility index (Phi) is 7.68. The van der Waals surface area contributed by atoms with Crippen molar-refractivity contribution < 1.29 is 54.2 Å². The van der Waals surface area contributed by atoms with Crippen LogP contribution in [0.5, 0.6) is 5.75 Å². The number of hydrogen-bond acceptors (Lipinski definition) is 4. The summed E-state index contributed by atoms with van der Waals surface area (Å²) in [5.41, 5.74) is 0. The summed E-state index contributed by atoms with van der Waals surface area (Å²) in [7, 11) is 0. The minimum absolute atomic E-state index is 0.207. The largest absolute Gasteiger partial charge is 0.459 e. The molecular weight excluding hydrogens is 456 g/mol. The van der Waals surface area contributed by atoms with E-state index in [1.54, 1.807) is 24.3 Å². The lowest BCUT2D eigenvalue weighted by molar-refractivity contribution is -0.344. The van der Waals surface area contributed by atoms with Crippen LogP contribution in [-0.2, 0) is 14.3 Å². The van der Waals surface area contributed by atoms with E-state index in [4.69, 9.17) is 4.74 Å². The van der Waals surface area contributed by atoms with Gasteiger partial charge in [0.2, 0.25) is 0 Å². The van der Waals surface area contributed by atoms with Crippen LogP contribution in [0.4, 0.5) is 35.1 Å². The molecule has 176 valence electrons. The van der Waals surface area contributed by atoms with Crippen LogP contribution in [0.1, 0.15) is 19.3 Å². The fourth-order valence-electron chi connectivity index (χ4n) is 2.51. The fraction of sp³-hybridized carbons (Fsp3) is 0.400. The zero-order valence-corrected chi connectivity index (χ0v) is 16.1. The Morgan fingerprint density at radius 2 is 1.44 bits per heavy atom. The fourth-order valence-corrected chi connectivity index (χ4v) is 2.51. The topological polar surface area (TPSA) is 52.6 Å². The van der Waals surface area contributed by atoms with E-state index in [-0.39, 0.29) is 18.6 Å². The first-order chi connectivity index (χ1) is 14.8. The molecule has 12 heteroatoms. The van der Waals surface area contributed by atoms with Gasteiger partial charge in [-0.25, -0.2) is 8.78 Å². The van der Waals surface area contributed by atoms with Crippen LogP contribution in [-0.4, -0.2) is 42.7 Å². The number of carbonyl (C=O) groups is 2. The highest BCUT2D eigenvalue weighted by Gasteiger charge is 2.75. The zero-order chi connectivity index (χ0) is 24.2. The zero-order valence-electron chi connectivity index (χ0n) is 16.1. The molecular formula is C20H16F8O4. The Labute approximate surface area is 176 Å². The van der Waals surface area contributed by atoms with Crippen LogP contribution in [0.15, 0.2) is 42.5 Å². The van der Waals surface area contributed by atoms with Crippen LogP contribution in [0.3, 0.4) is 0 Å². The predicted molar refractivity (Wildman–Crippen MR) is 95.2 cm³/mol. The molecule has 4 nitrogen and oxygen atoms in total. The van der Waals surface area contributed by atoms with Gasteiger partial charge < -0.3 is 9.47 Å². The second-order valence-corrected chi connectivity index (χ2v) is 6.70. The van der Waals surface area contributed by atoms with Gasteiger partial charge in [0.1, 0.15) is 5.75 Å². The molecule has 0 aliphatic rings. The number of hydrogen-bond donors (Lipinski definition) is 0. The lowest BCUT2D eigenvalue weighted by atomic mass is 10.1. The average Bonchev–Trinajstić information content (AvgIpc) is 2.71. The molecule has 2 aromatic rings. The Balaban J connectivity index is 1.80. The van der Waals surface area contributed by atoms with Crippen LogP contribution in [0.25, 0.3) is 10.8 Å². The van der Waals surface area contributed by atoms with E-state index < -0.39 is 49.2 Å². The first-order valence-electron chi connectivity index (χ1n) is 9.04. The van der Waals surface area contributed by atoms with Crippen LogP contribution < -0.4 is 4.74 Å². The van der Waals surface area contributed by atoms with Crippen molar-refractivity contribution in [2.24, 2.45) is 0 Å². The summed E-state index contributed by atoms with van der Waals surface area (Å²) in [4.78, 5) is 23.2. The van der Waals surface area contributed by atoms with Crippen molar-refractivity contribution in [1.29, 1.82) is 0 Å². The molecule has 0 heterocycles. The molecule has 0 N–H and O–H groups in total. The molecule has 0 atom stereocenters. The van der Waals surface area contributed by atoms with Crippen molar-refractivity contribution in [2.45, 2.75) is 43.5 Å². The van der Waals surface area contributed by atoms with Gasteiger partial charge >= 0.3 is 36.1 Å². The van der Waals surface area contributed by atoms with Crippen molar-refractivity contribution in [1.82, 2.24) is 0 Å². The lowest BCUT2D eigenvalue weighted by Crippen LogP contribution is -2.59. The van der Waals surface area contributed by atoms with Crippen molar-refractivity contribution in [3.05, 3.63) is 42.5 Å². The van der Waals surface area contributed by atoms with E-state index in [2.05, 4.69) is 4.74 Å². The average molecular weight is 472 g/mol. The van der Waals surface area contributed by atoms with E-state index in [1.807, 2.05) is 12.1 Å². The highest BCUT2D eigenvalue weighted by molar-refractivity contribution is 5.84. The van der Waals surface area contributed by atoms with Gasteiger partial charge in [-0.05, 0) is 29.3 Å². The maximum absolute atomic E-state index is 13.3. The highest BCUT2D eigenvalue weighted by atomic mass is 19.4. The number of alkyl halides is 8. The van der Waals surface area contributed by atoms with E-state index in [9.17, 15) is 44.7 Å². The summed E-state index contributed by atoms with van der Waals surface area (Å²) in [5.74, 6) is -20.6. The molecule has 0 bridgehead atoms. The van der Waals surface area contributed by atoms with Gasteiger partial charge in [0.25, 0.3) is 0 Å². The van der Waals surface area contributed by atoms with Gasteiger partial charge in [-0.2, -0.15) is 26.3 Å². The standard InChI is InChI=1S/C20H16F8O4/c21-17(22)19(25,26)20(27,28)18(23,24)11-31-15(29)6-3-7-16(30)32-14-9-8-12-4-1-2-5-13(12)10-14/h1-2,4-5,8-10,17H,3,6-7,11H2. The van der Waals surface area contributed by atoms with Crippen LogP contribution >= 0.6 is 0 Å². The molecule has 0 aliphatic carbocycles. The molecule has 32 heavy (non-hydrogen) atoms. The van der Waals surface area contributed by atoms with E-state index in [0.29, 0.717) is 0 Å². The van der Waals surface area contributed by atoms with Crippen molar-refractivity contribution >= 4 is 22.7 Å². The minimum atomic E-state index is -6.46. The third-order valence-corrected chi connectivity index (χ3v) is 4.28. The molecule has 0 unspecified atom stereocenters. The van der Waals surface area contributed by atoms with Crippen molar-refractivity contribution in [3.8, 4) is 5.75 Å². The first-order valence-corrected chi connectivity index (χ1v) is 9.04. The molecule has 0 amide bonds. The number of ether oxygens (including phenoxy) is 2. The summed E-state index contributed by atoms with van der Waals surface area (Å²) in [6.45, 7) is -2.54. The molecule has 0 fully saturated rings. The Hall–Kier alpha value is -2.92. The van der Waals surface area contributed by atoms with Gasteiger partial charge in [0.05, 0.1) is 0 Å². The molecule has 0 aliphatic heterocycles. The second-order valence-electron chi connectivity index (χ2n) is 6.70. The number of benzene rings is 2. The predicted octanol–water partition coefficient (Wildman–Crippen LogP) is 5.63. The first kappa shape index (κ1) is 25.3. The molecule has 0 saturated heterocycles. The lowest BCUT2D eigenvalue weighted by Gasteiger charge is -2.31. The second kappa shape index (κ2) is 9.70. The third-order valence-electron chi connectivity index (χ3n) is 4.28. The van der Waals surface area contributed by atoms with E-state index in [1.165, 1.54) is 6.07 Å². The van der Waals surface area contributed by atoms with Gasteiger partial charge in [-0.1, -0.05) is 30.3 Å². The molecule has 0 radical (unpaired) electrons. The highest BCUT2D eigenvalue weighted by Crippen LogP contribution is 2.48. The Bertz CT molecular complexity index is 962. The summed E-state index contributed by atoms with van der Waals surface area (Å²) >= 11 is 0. The van der Waals surface area contributed by atoms with Crippen molar-refractivity contribution in [3.63, 3.8) is 0 Å². The summed E-state index contributed by atoms with van der Waals surface area (Å²) in [6.07, 6.45) is -6.44. The van der Waals surface area contributed by atoms with Crippen LogP contribution in [0, 0.1) is 0 Å². The maximum Gasteiger partial charge on any atom is 0.381 e.